The fraction of sp³-hybridized carbons (Fsp3) is 0.357. The molecular weight excluding hydrogens is 300 g/mol. The average Bonchev–Trinajstić information content (AvgIpc) is 2.70. The van der Waals surface area contributed by atoms with E-state index in [0.29, 0.717) is 22.8 Å². The summed E-state index contributed by atoms with van der Waals surface area (Å²) in [6, 6.07) is 5.11. The van der Waals surface area contributed by atoms with Crippen LogP contribution in [0, 0.1) is 0 Å². The molecule has 1 aromatic carbocycles. The quantitative estimate of drug-likeness (QED) is 0.619. The van der Waals surface area contributed by atoms with Crippen molar-refractivity contribution in [3.05, 3.63) is 28.7 Å². The average molecular weight is 315 g/mol. The molecule has 0 bridgehead atoms. The number of carbonyl (C=O) groups is 1. The van der Waals surface area contributed by atoms with Crippen molar-refractivity contribution in [1.29, 1.82) is 0 Å². The molecule has 1 aliphatic heterocycles. The monoisotopic (exact) mass is 314 g/mol. The van der Waals surface area contributed by atoms with E-state index in [2.05, 4.69) is 11.7 Å². The molecule has 2 rings (SSSR count). The number of hydrogen-bond donors (Lipinski definition) is 0. The molecule has 0 saturated carbocycles. The Labute approximate surface area is 125 Å². The van der Waals surface area contributed by atoms with Crippen molar-refractivity contribution in [2.45, 2.75) is 24.7 Å². The van der Waals surface area contributed by atoms with Crippen LogP contribution in [0.4, 0.5) is 0 Å². The van der Waals surface area contributed by atoms with Gasteiger partial charge in [-0.1, -0.05) is 24.9 Å². The highest BCUT2D eigenvalue weighted by Crippen LogP contribution is 2.41. The maximum Gasteiger partial charge on any atom is 0.348 e. The lowest BCUT2D eigenvalue weighted by Gasteiger charge is -2.07. The normalized spacial score (nSPS) is 17.1. The summed E-state index contributed by atoms with van der Waals surface area (Å²) in [7, 11) is -0.359. The number of carbonyl (C=O) groups excluding carboxylic acids is 1. The van der Waals surface area contributed by atoms with E-state index in [-0.39, 0.29) is 9.94 Å². The van der Waals surface area contributed by atoms with Crippen molar-refractivity contribution in [1.82, 2.24) is 0 Å². The molecule has 0 spiro atoms. The third-order valence-electron chi connectivity index (χ3n) is 2.91. The van der Waals surface area contributed by atoms with Crippen molar-refractivity contribution in [3.8, 4) is 5.75 Å². The summed E-state index contributed by atoms with van der Waals surface area (Å²) in [5.74, 6) is -0.0172. The molecule has 20 heavy (non-hydrogen) atoms. The van der Waals surface area contributed by atoms with Crippen molar-refractivity contribution in [2.24, 2.45) is 0 Å². The molecule has 6 heteroatoms. The minimum Gasteiger partial charge on any atom is -0.494 e. The zero-order valence-corrected chi connectivity index (χ0v) is 12.8. The van der Waals surface area contributed by atoms with Gasteiger partial charge < -0.3 is 9.47 Å². The Morgan fingerprint density at radius 3 is 2.80 bits per heavy atom. The first-order valence-electron chi connectivity index (χ1n) is 6.27. The Morgan fingerprint density at radius 1 is 1.40 bits per heavy atom. The largest absolute Gasteiger partial charge is 0.494 e. The number of ether oxygens (including phenoxy) is 2. The predicted octanol–water partition coefficient (Wildman–Crippen LogP) is 3.07. The van der Waals surface area contributed by atoms with Gasteiger partial charge in [-0.3, -0.25) is 0 Å². The molecule has 1 heterocycles. The van der Waals surface area contributed by atoms with E-state index in [1.54, 1.807) is 18.2 Å². The lowest BCUT2D eigenvalue weighted by Crippen LogP contribution is -2.07. The third-order valence-corrected chi connectivity index (χ3v) is 4.91. The van der Waals surface area contributed by atoms with Crippen LogP contribution < -0.4 is 4.74 Å². The zero-order valence-electron chi connectivity index (χ0n) is 11.3. The molecule has 0 aliphatic carbocycles. The summed E-state index contributed by atoms with van der Waals surface area (Å²) in [6.45, 7) is 2.70. The van der Waals surface area contributed by atoms with Crippen molar-refractivity contribution in [2.75, 3.05) is 13.7 Å². The highest BCUT2D eigenvalue weighted by Gasteiger charge is 2.33. The number of esters is 1. The highest BCUT2D eigenvalue weighted by atomic mass is 35.5. The van der Waals surface area contributed by atoms with Gasteiger partial charge in [-0.05, 0) is 24.6 Å². The van der Waals surface area contributed by atoms with Gasteiger partial charge in [0.2, 0.25) is 0 Å². The van der Waals surface area contributed by atoms with E-state index in [9.17, 15) is 9.00 Å². The Bertz CT molecular complexity index is 595. The van der Waals surface area contributed by atoms with Gasteiger partial charge >= 0.3 is 5.97 Å². The molecule has 0 N–H and O–H groups in total. The van der Waals surface area contributed by atoms with Crippen molar-refractivity contribution in [3.63, 3.8) is 0 Å². The summed E-state index contributed by atoms with van der Waals surface area (Å²) < 4.78 is 22.4. The second-order valence-corrected chi connectivity index (χ2v) is 6.03. The second-order valence-electron chi connectivity index (χ2n) is 4.26. The number of halogens is 1. The number of methoxy groups -OCH3 is 1. The Kier molecular flexibility index (Phi) is 4.83. The maximum absolute atomic E-state index is 12.2. The van der Waals surface area contributed by atoms with Crippen molar-refractivity contribution >= 4 is 33.4 Å². The van der Waals surface area contributed by atoms with Crippen LogP contribution in [-0.4, -0.2) is 23.9 Å². The topological polar surface area (TPSA) is 52.6 Å². The van der Waals surface area contributed by atoms with E-state index in [0.717, 1.165) is 12.8 Å². The standard InChI is InChI=1S/C14H15ClO4S/c1-3-4-7-19-9-5-6-11-10(8-9)12(15)13(20(11)17)14(16)18-2/h5-6,8H,3-4,7H2,1-2H3. The minimum atomic E-state index is -1.59. The van der Waals surface area contributed by atoms with Crippen LogP contribution in [0.25, 0.3) is 5.03 Å². The molecule has 4 nitrogen and oxygen atoms in total. The molecular formula is C14H15ClO4S. The molecule has 0 radical (unpaired) electrons. The van der Waals surface area contributed by atoms with E-state index >= 15 is 0 Å². The SMILES string of the molecule is CCCCOc1ccc2c(c1)C(Cl)=C(C(=O)OC)S2=O. The number of fused-ring (bicyclic) bond motifs is 1. The van der Waals surface area contributed by atoms with Gasteiger partial charge in [-0.25, -0.2) is 9.00 Å². The molecule has 1 aromatic rings. The van der Waals surface area contributed by atoms with Crippen LogP contribution in [0.15, 0.2) is 28.0 Å². The lowest BCUT2D eigenvalue weighted by atomic mass is 10.2. The predicted molar refractivity (Wildman–Crippen MR) is 78.0 cm³/mol. The first kappa shape index (κ1) is 15.1. The molecule has 0 fully saturated rings. The molecule has 1 aliphatic rings. The van der Waals surface area contributed by atoms with Crippen LogP contribution in [0.3, 0.4) is 0 Å². The molecule has 0 amide bonds. The summed E-state index contributed by atoms with van der Waals surface area (Å²) in [5, 5.41) is 0.172. The van der Waals surface area contributed by atoms with Gasteiger partial charge in [-0.15, -0.1) is 0 Å². The third kappa shape index (κ3) is 2.74. The van der Waals surface area contributed by atoms with E-state index < -0.39 is 16.8 Å². The van der Waals surface area contributed by atoms with Gasteiger partial charge in [0.05, 0.1) is 34.4 Å². The summed E-state index contributed by atoms with van der Waals surface area (Å²) in [5.41, 5.74) is 0.569. The second kappa shape index (κ2) is 6.41. The van der Waals surface area contributed by atoms with Gasteiger partial charge in [0.1, 0.15) is 10.7 Å². The number of rotatable bonds is 5. The van der Waals surface area contributed by atoms with Crippen LogP contribution in [-0.2, 0) is 20.3 Å². The lowest BCUT2D eigenvalue weighted by molar-refractivity contribution is -0.135. The van der Waals surface area contributed by atoms with Crippen LogP contribution >= 0.6 is 11.6 Å². The molecule has 0 saturated heterocycles. The highest BCUT2D eigenvalue weighted by molar-refractivity contribution is 7.91. The summed E-state index contributed by atoms with van der Waals surface area (Å²) in [6.07, 6.45) is 2.00. The molecule has 1 atom stereocenters. The van der Waals surface area contributed by atoms with Crippen LogP contribution in [0.2, 0.25) is 0 Å². The maximum atomic E-state index is 12.2. The minimum absolute atomic E-state index is 0.00475. The Hall–Kier alpha value is -1.33. The van der Waals surface area contributed by atoms with Crippen LogP contribution in [0.5, 0.6) is 5.75 Å². The fourth-order valence-electron chi connectivity index (χ4n) is 1.84. The van der Waals surface area contributed by atoms with Gasteiger partial charge in [-0.2, -0.15) is 0 Å². The first-order chi connectivity index (χ1) is 9.60. The number of unbranched alkanes of at least 4 members (excludes halogenated alkanes) is 1. The first-order valence-corrected chi connectivity index (χ1v) is 7.80. The van der Waals surface area contributed by atoms with E-state index in [4.69, 9.17) is 16.3 Å². The Balaban J connectivity index is 2.31. The number of benzene rings is 1. The molecule has 1 unspecified atom stereocenters. The number of hydrogen-bond acceptors (Lipinski definition) is 4. The fourth-order valence-corrected chi connectivity index (χ4v) is 3.62. The zero-order chi connectivity index (χ0) is 14.7. The Morgan fingerprint density at radius 2 is 2.15 bits per heavy atom. The van der Waals surface area contributed by atoms with Gasteiger partial charge in [0, 0.05) is 5.56 Å². The van der Waals surface area contributed by atoms with Gasteiger partial charge in [0.15, 0.2) is 0 Å². The molecule has 0 aromatic heterocycles. The van der Waals surface area contributed by atoms with Gasteiger partial charge in [0.25, 0.3) is 0 Å². The van der Waals surface area contributed by atoms with E-state index in [1.807, 2.05) is 0 Å². The van der Waals surface area contributed by atoms with Crippen molar-refractivity contribution < 1.29 is 18.5 Å². The molecule has 108 valence electrons. The van der Waals surface area contributed by atoms with E-state index in [1.165, 1.54) is 7.11 Å². The smallest absolute Gasteiger partial charge is 0.348 e. The summed E-state index contributed by atoms with van der Waals surface area (Å²) in [4.78, 5) is 12.1. The summed E-state index contributed by atoms with van der Waals surface area (Å²) >= 11 is 6.14. The van der Waals surface area contributed by atoms with Crippen LogP contribution in [0.1, 0.15) is 25.3 Å².